The SMILES string of the molecule is NS(=O)(=O)c1ccc(N2CCC(Nc3ccccc3F)CC2)cc1C(F)(F)F. The number of hydrogen-bond donors (Lipinski definition) is 2. The average Bonchev–Trinajstić information content (AvgIpc) is 2.62. The number of nitrogens with zero attached hydrogens (tertiary/aromatic N) is 1. The summed E-state index contributed by atoms with van der Waals surface area (Å²) in [4.78, 5) is 0.793. The van der Waals surface area contributed by atoms with Crippen LogP contribution < -0.4 is 15.4 Å². The van der Waals surface area contributed by atoms with E-state index in [1.807, 2.05) is 0 Å². The fraction of sp³-hybridized carbons (Fsp3) is 0.333. The molecule has 2 aromatic carbocycles. The fourth-order valence-corrected chi connectivity index (χ4v) is 4.00. The van der Waals surface area contributed by atoms with Gasteiger partial charge in [0.1, 0.15) is 5.82 Å². The lowest BCUT2D eigenvalue weighted by atomic mass is 10.0. The Morgan fingerprint density at radius 2 is 1.71 bits per heavy atom. The van der Waals surface area contributed by atoms with Crippen LogP contribution in [0.5, 0.6) is 0 Å². The molecule has 1 saturated heterocycles. The molecule has 28 heavy (non-hydrogen) atoms. The van der Waals surface area contributed by atoms with Crippen LogP contribution in [0.1, 0.15) is 18.4 Å². The molecule has 152 valence electrons. The van der Waals surface area contributed by atoms with Gasteiger partial charge in [-0.2, -0.15) is 13.2 Å². The third-order valence-electron chi connectivity index (χ3n) is 4.67. The molecule has 10 heteroatoms. The van der Waals surface area contributed by atoms with Crippen LogP contribution in [-0.2, 0) is 16.2 Å². The molecule has 0 saturated carbocycles. The summed E-state index contributed by atoms with van der Waals surface area (Å²) >= 11 is 0. The summed E-state index contributed by atoms with van der Waals surface area (Å²) in [6.45, 7) is 0.885. The Bertz CT molecular complexity index is 956. The number of anilines is 2. The first-order valence-electron chi connectivity index (χ1n) is 8.56. The van der Waals surface area contributed by atoms with Crippen LogP contribution in [0.3, 0.4) is 0 Å². The van der Waals surface area contributed by atoms with Gasteiger partial charge in [0, 0.05) is 24.8 Å². The predicted molar refractivity (Wildman–Crippen MR) is 98.1 cm³/mol. The average molecular weight is 417 g/mol. The van der Waals surface area contributed by atoms with Crippen molar-refractivity contribution in [2.45, 2.75) is 30.0 Å². The predicted octanol–water partition coefficient (Wildman–Crippen LogP) is 3.57. The molecule has 0 spiro atoms. The van der Waals surface area contributed by atoms with E-state index in [1.54, 1.807) is 23.1 Å². The number of alkyl halides is 3. The van der Waals surface area contributed by atoms with E-state index in [0.717, 1.165) is 12.1 Å². The van der Waals surface area contributed by atoms with Crippen molar-refractivity contribution >= 4 is 21.4 Å². The minimum absolute atomic E-state index is 0.0149. The Morgan fingerprint density at radius 3 is 2.29 bits per heavy atom. The Hall–Kier alpha value is -2.33. The summed E-state index contributed by atoms with van der Waals surface area (Å²) < 4.78 is 76.5. The maximum absolute atomic E-state index is 13.7. The van der Waals surface area contributed by atoms with E-state index < -0.39 is 26.7 Å². The monoisotopic (exact) mass is 417 g/mol. The first kappa shape index (κ1) is 20.4. The Balaban J connectivity index is 1.75. The molecule has 0 radical (unpaired) electrons. The van der Waals surface area contributed by atoms with Gasteiger partial charge in [0.15, 0.2) is 0 Å². The smallest absolute Gasteiger partial charge is 0.380 e. The van der Waals surface area contributed by atoms with Crippen molar-refractivity contribution in [1.82, 2.24) is 0 Å². The second-order valence-electron chi connectivity index (χ2n) is 6.61. The Labute approximate surface area is 160 Å². The number of hydrogen-bond acceptors (Lipinski definition) is 4. The number of primary sulfonamides is 1. The molecule has 3 rings (SSSR count). The molecule has 2 aromatic rings. The highest BCUT2D eigenvalue weighted by atomic mass is 32.2. The van der Waals surface area contributed by atoms with E-state index in [1.165, 1.54) is 12.1 Å². The van der Waals surface area contributed by atoms with Crippen LogP contribution in [0.25, 0.3) is 0 Å². The van der Waals surface area contributed by atoms with Gasteiger partial charge in [-0.1, -0.05) is 12.1 Å². The maximum Gasteiger partial charge on any atom is 0.417 e. The van der Waals surface area contributed by atoms with Crippen LogP contribution in [0, 0.1) is 5.82 Å². The summed E-state index contributed by atoms with van der Waals surface area (Å²) in [5, 5.41) is 8.01. The molecule has 3 N–H and O–H groups in total. The molecule has 5 nitrogen and oxygen atoms in total. The molecule has 0 amide bonds. The van der Waals surface area contributed by atoms with E-state index >= 15 is 0 Å². The number of para-hydroxylation sites is 1. The molecule has 1 aliphatic rings. The van der Waals surface area contributed by atoms with Crippen molar-refractivity contribution < 1.29 is 26.0 Å². The van der Waals surface area contributed by atoms with Gasteiger partial charge < -0.3 is 10.2 Å². The van der Waals surface area contributed by atoms with Gasteiger partial charge in [0.2, 0.25) is 10.0 Å². The van der Waals surface area contributed by atoms with Crippen molar-refractivity contribution in [2.75, 3.05) is 23.3 Å². The number of halogens is 4. The second-order valence-corrected chi connectivity index (χ2v) is 8.14. The van der Waals surface area contributed by atoms with Crippen LogP contribution in [0.4, 0.5) is 28.9 Å². The van der Waals surface area contributed by atoms with Gasteiger partial charge in [0.25, 0.3) is 0 Å². The van der Waals surface area contributed by atoms with E-state index in [4.69, 9.17) is 5.14 Å². The minimum Gasteiger partial charge on any atom is -0.380 e. The van der Waals surface area contributed by atoms with Gasteiger partial charge in [-0.3, -0.25) is 0 Å². The molecule has 0 atom stereocenters. The number of benzene rings is 2. The molecule has 1 heterocycles. The lowest BCUT2D eigenvalue weighted by molar-refractivity contribution is -0.139. The normalized spacial score (nSPS) is 16.2. The molecule has 0 bridgehead atoms. The van der Waals surface area contributed by atoms with Gasteiger partial charge in [-0.25, -0.2) is 17.9 Å². The summed E-state index contributed by atoms with van der Waals surface area (Å²) in [5.74, 6) is -0.363. The Kier molecular flexibility index (Phi) is 5.53. The molecular formula is C18H19F4N3O2S. The standard InChI is InChI=1S/C18H19F4N3O2S/c19-15-3-1-2-4-16(15)24-12-7-9-25(10-8-12)13-5-6-17(28(23,26)27)14(11-13)18(20,21)22/h1-6,11-12,24H,7-10H2,(H2,23,26,27). The van der Waals surface area contributed by atoms with Crippen molar-refractivity contribution in [3.63, 3.8) is 0 Å². The van der Waals surface area contributed by atoms with Crippen LogP contribution >= 0.6 is 0 Å². The highest BCUT2D eigenvalue weighted by Crippen LogP contribution is 2.37. The highest BCUT2D eigenvalue weighted by Gasteiger charge is 2.37. The molecule has 0 aliphatic carbocycles. The highest BCUT2D eigenvalue weighted by molar-refractivity contribution is 7.89. The van der Waals surface area contributed by atoms with E-state index in [9.17, 15) is 26.0 Å². The van der Waals surface area contributed by atoms with Crippen molar-refractivity contribution in [1.29, 1.82) is 0 Å². The largest absolute Gasteiger partial charge is 0.417 e. The molecule has 1 aliphatic heterocycles. The van der Waals surface area contributed by atoms with Crippen molar-refractivity contribution in [2.24, 2.45) is 5.14 Å². The topological polar surface area (TPSA) is 75.4 Å². The van der Waals surface area contributed by atoms with E-state index in [0.29, 0.717) is 31.6 Å². The first-order valence-corrected chi connectivity index (χ1v) is 10.1. The number of sulfonamides is 1. The summed E-state index contributed by atoms with van der Waals surface area (Å²) in [7, 11) is -4.50. The van der Waals surface area contributed by atoms with Crippen molar-refractivity contribution in [3.05, 3.63) is 53.8 Å². The summed E-state index contributed by atoms with van der Waals surface area (Å²) in [6, 6.07) is 9.28. The van der Waals surface area contributed by atoms with Gasteiger partial charge in [-0.05, 0) is 43.2 Å². The Morgan fingerprint density at radius 1 is 1.07 bits per heavy atom. The fourth-order valence-electron chi connectivity index (χ4n) is 3.26. The lowest BCUT2D eigenvalue weighted by Gasteiger charge is -2.35. The van der Waals surface area contributed by atoms with Crippen molar-refractivity contribution in [3.8, 4) is 0 Å². The summed E-state index contributed by atoms with van der Waals surface area (Å²) in [6.07, 6.45) is -3.66. The molecular weight excluding hydrogens is 398 g/mol. The van der Waals surface area contributed by atoms with Crippen LogP contribution in [-0.4, -0.2) is 27.5 Å². The lowest BCUT2D eigenvalue weighted by Crippen LogP contribution is -2.39. The minimum atomic E-state index is -4.84. The van der Waals surface area contributed by atoms with Crippen LogP contribution in [0.2, 0.25) is 0 Å². The van der Waals surface area contributed by atoms with Gasteiger partial charge in [0.05, 0.1) is 16.1 Å². The quantitative estimate of drug-likeness (QED) is 0.746. The van der Waals surface area contributed by atoms with E-state index in [-0.39, 0.29) is 17.5 Å². The third kappa shape index (κ3) is 4.56. The zero-order valence-corrected chi connectivity index (χ0v) is 15.5. The van der Waals surface area contributed by atoms with Gasteiger partial charge >= 0.3 is 6.18 Å². The van der Waals surface area contributed by atoms with E-state index in [2.05, 4.69) is 5.32 Å². The first-order chi connectivity index (χ1) is 13.1. The zero-order chi connectivity index (χ0) is 20.5. The van der Waals surface area contributed by atoms with Crippen LogP contribution in [0.15, 0.2) is 47.4 Å². The molecule has 1 fully saturated rings. The number of nitrogens with one attached hydrogen (secondary N) is 1. The summed E-state index contributed by atoms with van der Waals surface area (Å²) in [5.41, 5.74) is -0.624. The molecule has 0 aromatic heterocycles. The van der Waals surface area contributed by atoms with Gasteiger partial charge in [-0.15, -0.1) is 0 Å². The number of nitrogens with two attached hydrogens (primary N) is 1. The molecule has 0 unspecified atom stereocenters. The second kappa shape index (κ2) is 7.59. The number of piperidine rings is 1. The third-order valence-corrected chi connectivity index (χ3v) is 5.64. The zero-order valence-electron chi connectivity index (χ0n) is 14.7. The number of rotatable bonds is 4. The maximum atomic E-state index is 13.7.